The van der Waals surface area contributed by atoms with E-state index in [4.69, 9.17) is 9.47 Å². The van der Waals surface area contributed by atoms with Gasteiger partial charge in [0.25, 0.3) is 10.1 Å². The molecule has 0 aromatic heterocycles. The van der Waals surface area contributed by atoms with Gasteiger partial charge >= 0.3 is 5.97 Å². The Balaban J connectivity index is 2.07. The number of carbonyl (C=O) groups is 1. The Morgan fingerprint density at radius 3 is 2.54 bits per heavy atom. The van der Waals surface area contributed by atoms with E-state index < -0.39 is 16.1 Å². The highest BCUT2D eigenvalue weighted by Gasteiger charge is 2.20. The van der Waals surface area contributed by atoms with E-state index in [0.29, 0.717) is 23.6 Å². The van der Waals surface area contributed by atoms with E-state index in [0.717, 1.165) is 6.08 Å². The van der Waals surface area contributed by atoms with Crippen LogP contribution in [0.15, 0.2) is 53.9 Å². The van der Waals surface area contributed by atoms with Crippen LogP contribution in [0.1, 0.15) is 12.8 Å². The number of hydrogen-bond acceptors (Lipinski definition) is 5. The standard InChI is InChI=1S/C17H18O6S/c1-2-16(18)23-12-6-5-11-22-15-10-9-13-7-3-4-8-14(13)17(15)24(19,20)21/h2-4,7-10H,1,5-6,11-12H2,(H,19,20,21). The van der Waals surface area contributed by atoms with Gasteiger partial charge < -0.3 is 9.47 Å². The van der Waals surface area contributed by atoms with Gasteiger partial charge in [-0.2, -0.15) is 8.42 Å². The normalized spacial score (nSPS) is 11.2. The van der Waals surface area contributed by atoms with Crippen molar-refractivity contribution in [2.45, 2.75) is 17.7 Å². The maximum absolute atomic E-state index is 11.7. The van der Waals surface area contributed by atoms with Crippen LogP contribution in [-0.2, 0) is 19.6 Å². The van der Waals surface area contributed by atoms with Crippen LogP contribution in [0.3, 0.4) is 0 Å². The fourth-order valence-electron chi connectivity index (χ4n) is 2.22. The largest absolute Gasteiger partial charge is 0.492 e. The monoisotopic (exact) mass is 350 g/mol. The zero-order valence-corrected chi connectivity index (χ0v) is 13.8. The number of fused-ring (bicyclic) bond motifs is 1. The van der Waals surface area contributed by atoms with E-state index in [1.54, 1.807) is 30.3 Å². The lowest BCUT2D eigenvalue weighted by Gasteiger charge is -2.12. The van der Waals surface area contributed by atoms with Gasteiger partial charge in [-0.05, 0) is 24.3 Å². The summed E-state index contributed by atoms with van der Waals surface area (Å²) >= 11 is 0. The lowest BCUT2D eigenvalue weighted by atomic mass is 10.1. The van der Waals surface area contributed by atoms with Crippen molar-refractivity contribution in [3.8, 4) is 5.75 Å². The molecule has 2 rings (SSSR count). The van der Waals surface area contributed by atoms with Gasteiger partial charge in [0.15, 0.2) is 0 Å². The summed E-state index contributed by atoms with van der Waals surface area (Å²) < 4.78 is 43.3. The van der Waals surface area contributed by atoms with Gasteiger partial charge in [-0.15, -0.1) is 0 Å². The van der Waals surface area contributed by atoms with Crippen molar-refractivity contribution in [3.63, 3.8) is 0 Å². The smallest absolute Gasteiger partial charge is 0.330 e. The first-order chi connectivity index (χ1) is 11.4. The molecule has 0 heterocycles. The quantitative estimate of drug-likeness (QED) is 0.341. The molecule has 128 valence electrons. The summed E-state index contributed by atoms with van der Waals surface area (Å²) in [5, 5.41) is 1.09. The molecule has 1 N–H and O–H groups in total. The minimum Gasteiger partial charge on any atom is -0.492 e. The second-order valence-corrected chi connectivity index (χ2v) is 6.37. The third kappa shape index (κ3) is 4.56. The van der Waals surface area contributed by atoms with Crippen LogP contribution in [0, 0.1) is 0 Å². The molecule has 0 aliphatic heterocycles. The molecule has 2 aromatic rings. The third-order valence-corrected chi connectivity index (χ3v) is 4.25. The predicted octanol–water partition coefficient (Wildman–Crippen LogP) is 2.97. The highest BCUT2D eigenvalue weighted by Crippen LogP contribution is 2.32. The minimum absolute atomic E-state index is 0.0966. The van der Waals surface area contributed by atoms with Crippen LogP contribution in [0.25, 0.3) is 10.8 Å². The van der Waals surface area contributed by atoms with Crippen molar-refractivity contribution in [1.29, 1.82) is 0 Å². The first-order valence-electron chi connectivity index (χ1n) is 7.34. The van der Waals surface area contributed by atoms with Gasteiger partial charge in [-0.25, -0.2) is 4.79 Å². The Morgan fingerprint density at radius 2 is 1.83 bits per heavy atom. The summed E-state index contributed by atoms with van der Waals surface area (Å²) in [6.07, 6.45) is 2.21. The van der Waals surface area contributed by atoms with Crippen molar-refractivity contribution in [3.05, 3.63) is 49.1 Å². The van der Waals surface area contributed by atoms with Gasteiger partial charge in [-0.3, -0.25) is 4.55 Å². The minimum atomic E-state index is -4.43. The number of rotatable bonds is 8. The summed E-state index contributed by atoms with van der Waals surface area (Å²) in [6.45, 7) is 3.75. The van der Waals surface area contributed by atoms with Crippen molar-refractivity contribution in [2.75, 3.05) is 13.2 Å². The molecular weight excluding hydrogens is 332 g/mol. The van der Waals surface area contributed by atoms with Gasteiger partial charge in [0, 0.05) is 11.5 Å². The second-order valence-electron chi connectivity index (χ2n) is 5.02. The van der Waals surface area contributed by atoms with Crippen molar-refractivity contribution in [2.24, 2.45) is 0 Å². The van der Waals surface area contributed by atoms with Gasteiger partial charge in [-0.1, -0.05) is 36.9 Å². The van der Waals surface area contributed by atoms with Gasteiger partial charge in [0.1, 0.15) is 10.6 Å². The predicted molar refractivity (Wildman–Crippen MR) is 89.6 cm³/mol. The van der Waals surface area contributed by atoms with Crippen LogP contribution < -0.4 is 4.74 Å². The van der Waals surface area contributed by atoms with Crippen LogP contribution in [0.4, 0.5) is 0 Å². The SMILES string of the molecule is C=CC(=O)OCCCCOc1ccc2ccccc2c1S(=O)(=O)O. The van der Waals surface area contributed by atoms with Crippen molar-refractivity contribution in [1.82, 2.24) is 0 Å². The molecule has 24 heavy (non-hydrogen) atoms. The van der Waals surface area contributed by atoms with E-state index in [-0.39, 0.29) is 23.9 Å². The van der Waals surface area contributed by atoms with Crippen LogP contribution >= 0.6 is 0 Å². The first-order valence-corrected chi connectivity index (χ1v) is 8.78. The molecule has 0 aliphatic rings. The Morgan fingerprint density at radius 1 is 1.12 bits per heavy atom. The van der Waals surface area contributed by atoms with Gasteiger partial charge in [0.2, 0.25) is 0 Å². The number of hydrogen-bond donors (Lipinski definition) is 1. The number of ether oxygens (including phenoxy) is 2. The Bertz CT molecular complexity index is 841. The molecule has 0 spiro atoms. The highest BCUT2D eigenvalue weighted by molar-refractivity contribution is 7.86. The second kappa shape index (κ2) is 7.94. The summed E-state index contributed by atoms with van der Waals surface area (Å²) in [5.41, 5.74) is 0. The molecule has 0 radical (unpaired) electrons. The fourth-order valence-corrected chi connectivity index (χ4v) is 3.07. The van der Waals surface area contributed by atoms with E-state index in [1.165, 1.54) is 6.07 Å². The molecule has 0 saturated heterocycles. The number of carbonyl (C=O) groups excluding carboxylic acids is 1. The van der Waals surface area contributed by atoms with Crippen molar-refractivity contribution >= 4 is 26.9 Å². The van der Waals surface area contributed by atoms with E-state index in [9.17, 15) is 17.8 Å². The average molecular weight is 350 g/mol. The van der Waals surface area contributed by atoms with Crippen molar-refractivity contribution < 1.29 is 27.2 Å². The van der Waals surface area contributed by atoms with E-state index in [1.807, 2.05) is 0 Å². The maximum Gasteiger partial charge on any atom is 0.330 e. The molecule has 0 unspecified atom stereocenters. The average Bonchev–Trinajstić information content (AvgIpc) is 2.56. The van der Waals surface area contributed by atoms with Gasteiger partial charge in [0.05, 0.1) is 13.2 Å². The zero-order chi connectivity index (χ0) is 17.6. The Labute approximate surface area is 140 Å². The molecule has 6 nitrogen and oxygen atoms in total. The fraction of sp³-hybridized carbons (Fsp3) is 0.235. The first kappa shape index (κ1) is 18.0. The maximum atomic E-state index is 11.7. The molecule has 0 bridgehead atoms. The van der Waals surface area contributed by atoms with Crippen LogP contribution in [0.5, 0.6) is 5.75 Å². The zero-order valence-electron chi connectivity index (χ0n) is 13.0. The molecule has 0 amide bonds. The molecule has 0 saturated carbocycles. The Kier molecular flexibility index (Phi) is 5.94. The molecule has 0 aliphatic carbocycles. The Hall–Kier alpha value is -2.38. The molecule has 0 fully saturated rings. The summed E-state index contributed by atoms with van der Waals surface area (Å²) in [4.78, 5) is 10.6. The molecule has 2 aromatic carbocycles. The van der Waals surface area contributed by atoms with Crippen LogP contribution in [-0.4, -0.2) is 32.2 Å². The number of benzene rings is 2. The van der Waals surface area contributed by atoms with E-state index in [2.05, 4.69) is 6.58 Å². The summed E-state index contributed by atoms with van der Waals surface area (Å²) in [6, 6.07) is 10.1. The molecule has 0 atom stereocenters. The molecule has 7 heteroatoms. The lowest BCUT2D eigenvalue weighted by molar-refractivity contribution is -0.137. The highest BCUT2D eigenvalue weighted by atomic mass is 32.2. The number of unbranched alkanes of at least 4 members (excludes halogenated alkanes) is 1. The van der Waals surface area contributed by atoms with E-state index >= 15 is 0 Å². The summed E-state index contributed by atoms with van der Waals surface area (Å²) in [7, 11) is -4.43. The lowest BCUT2D eigenvalue weighted by Crippen LogP contribution is -2.07. The summed E-state index contributed by atoms with van der Waals surface area (Å²) in [5.74, 6) is -0.390. The van der Waals surface area contributed by atoms with Crippen LogP contribution in [0.2, 0.25) is 0 Å². The number of esters is 1. The molecular formula is C17H18O6S. The topological polar surface area (TPSA) is 89.9 Å². The third-order valence-electron chi connectivity index (χ3n) is 3.31.